The highest BCUT2D eigenvalue weighted by atomic mass is 32.1. The van der Waals surface area contributed by atoms with Crippen LogP contribution in [0, 0.1) is 0 Å². The largest absolute Gasteiger partial charge is 0.496 e. The van der Waals surface area contributed by atoms with Crippen molar-refractivity contribution in [2.45, 2.75) is 0 Å². The number of hydrogen-bond acceptors (Lipinski definition) is 5. The van der Waals surface area contributed by atoms with Gasteiger partial charge in [-0.3, -0.25) is 4.79 Å². The summed E-state index contributed by atoms with van der Waals surface area (Å²) in [6, 6.07) is 7.71. The predicted molar refractivity (Wildman–Crippen MR) is 90.9 cm³/mol. The number of carbonyl (C=O) groups excluding carboxylic acids is 1. The smallest absolute Gasteiger partial charge is 0.212 e. The van der Waals surface area contributed by atoms with E-state index in [2.05, 4.69) is 26.3 Å². The molecule has 0 unspecified atom stereocenters. The van der Waals surface area contributed by atoms with Crippen molar-refractivity contribution in [1.82, 2.24) is 15.0 Å². The van der Waals surface area contributed by atoms with E-state index in [0.717, 1.165) is 32.5 Å². The van der Waals surface area contributed by atoms with Crippen molar-refractivity contribution in [3.8, 4) is 16.9 Å². The van der Waals surface area contributed by atoms with Crippen LogP contribution in [0.5, 0.6) is 5.75 Å². The van der Waals surface area contributed by atoms with Crippen LogP contribution in [0.25, 0.3) is 32.4 Å². The Kier molecular flexibility index (Phi) is 3.20. The molecule has 23 heavy (non-hydrogen) atoms. The fourth-order valence-electron chi connectivity index (χ4n) is 2.63. The van der Waals surface area contributed by atoms with E-state index in [4.69, 9.17) is 4.74 Å². The van der Waals surface area contributed by atoms with E-state index >= 15 is 0 Å². The Hall–Kier alpha value is -2.93. The van der Waals surface area contributed by atoms with E-state index in [1.165, 1.54) is 0 Å². The van der Waals surface area contributed by atoms with Gasteiger partial charge in [-0.05, 0) is 18.2 Å². The third kappa shape index (κ3) is 2.22. The Balaban J connectivity index is 1.92. The second kappa shape index (κ2) is 5.36. The lowest BCUT2D eigenvalue weighted by molar-refractivity contribution is -0.105. The molecular weight excluding hydrogens is 312 g/mol. The average molecular weight is 324 g/mol. The van der Waals surface area contributed by atoms with Gasteiger partial charge in [-0.25, -0.2) is 9.97 Å². The maximum absolute atomic E-state index is 10.5. The van der Waals surface area contributed by atoms with Crippen LogP contribution in [0.4, 0.5) is 5.82 Å². The number of aromatic amines is 1. The molecule has 7 heteroatoms. The van der Waals surface area contributed by atoms with Crippen molar-refractivity contribution < 1.29 is 9.53 Å². The Bertz CT molecular complexity index is 1020. The van der Waals surface area contributed by atoms with Crippen LogP contribution in [-0.4, -0.2) is 28.5 Å². The number of nitrogens with one attached hydrogen (secondary N) is 2. The van der Waals surface area contributed by atoms with Gasteiger partial charge in [-0.2, -0.15) is 0 Å². The van der Waals surface area contributed by atoms with Crippen LogP contribution in [0.15, 0.2) is 36.0 Å². The van der Waals surface area contributed by atoms with Crippen LogP contribution in [0.3, 0.4) is 0 Å². The first kappa shape index (κ1) is 13.7. The quantitative estimate of drug-likeness (QED) is 0.564. The lowest BCUT2D eigenvalue weighted by atomic mass is 10.0. The molecule has 4 rings (SSSR count). The molecule has 1 amide bonds. The average Bonchev–Trinajstić information content (AvgIpc) is 3.19. The molecule has 0 aliphatic carbocycles. The van der Waals surface area contributed by atoms with E-state index in [9.17, 15) is 4.79 Å². The summed E-state index contributed by atoms with van der Waals surface area (Å²) in [7, 11) is 1.65. The molecular formula is C16H12N4O2S. The highest BCUT2D eigenvalue weighted by Gasteiger charge is 2.14. The topological polar surface area (TPSA) is 79.9 Å². The number of fused-ring (bicyclic) bond motifs is 2. The molecule has 3 aromatic heterocycles. The summed E-state index contributed by atoms with van der Waals surface area (Å²) in [6.45, 7) is 0. The molecule has 0 radical (unpaired) electrons. The van der Waals surface area contributed by atoms with Crippen molar-refractivity contribution in [2.24, 2.45) is 0 Å². The summed E-state index contributed by atoms with van der Waals surface area (Å²) in [6.07, 6.45) is 2.51. The van der Waals surface area contributed by atoms with Crippen LogP contribution in [-0.2, 0) is 4.79 Å². The van der Waals surface area contributed by atoms with Crippen LogP contribution < -0.4 is 10.1 Å². The number of anilines is 1. The van der Waals surface area contributed by atoms with Crippen molar-refractivity contribution >= 4 is 44.8 Å². The minimum Gasteiger partial charge on any atom is -0.496 e. The van der Waals surface area contributed by atoms with Crippen molar-refractivity contribution in [2.75, 3.05) is 12.4 Å². The maximum Gasteiger partial charge on any atom is 0.212 e. The number of thiazole rings is 1. The number of pyridine rings is 1. The number of methoxy groups -OCH3 is 1. The second-order valence-corrected chi connectivity index (χ2v) is 5.82. The number of benzene rings is 1. The third-order valence-electron chi connectivity index (χ3n) is 3.69. The fourth-order valence-corrected chi connectivity index (χ4v) is 3.33. The van der Waals surface area contributed by atoms with Crippen molar-refractivity contribution in [3.63, 3.8) is 0 Å². The summed E-state index contributed by atoms with van der Waals surface area (Å²) in [4.78, 5) is 22.4. The number of carbonyl (C=O) groups is 1. The van der Waals surface area contributed by atoms with Gasteiger partial charge in [-0.15, -0.1) is 11.3 Å². The summed E-state index contributed by atoms with van der Waals surface area (Å²) in [5.41, 5.74) is 5.43. The predicted octanol–water partition coefficient (Wildman–Crippen LogP) is 3.42. The molecule has 114 valence electrons. The molecule has 0 aliphatic heterocycles. The highest BCUT2D eigenvalue weighted by molar-refractivity contribution is 7.16. The Morgan fingerprint density at radius 1 is 1.30 bits per heavy atom. The normalized spacial score (nSPS) is 11.0. The van der Waals surface area contributed by atoms with E-state index in [1.807, 2.05) is 23.8 Å². The first-order chi connectivity index (χ1) is 11.3. The zero-order chi connectivity index (χ0) is 15.8. The first-order valence-electron chi connectivity index (χ1n) is 6.90. The van der Waals surface area contributed by atoms with Gasteiger partial charge >= 0.3 is 0 Å². The molecule has 0 spiro atoms. The molecule has 0 fully saturated rings. The number of nitrogens with zero attached hydrogens (tertiary/aromatic N) is 2. The molecule has 0 saturated carbocycles. The summed E-state index contributed by atoms with van der Waals surface area (Å²) >= 11 is 1.59. The fraction of sp³-hybridized carbons (Fsp3) is 0.0625. The minimum atomic E-state index is 0.505. The lowest BCUT2D eigenvalue weighted by Gasteiger charge is -2.08. The van der Waals surface area contributed by atoms with Gasteiger partial charge in [0.1, 0.15) is 17.2 Å². The monoisotopic (exact) mass is 324 g/mol. The van der Waals surface area contributed by atoms with Gasteiger partial charge in [0.25, 0.3) is 0 Å². The summed E-state index contributed by atoms with van der Waals surface area (Å²) < 4.78 is 6.63. The summed E-state index contributed by atoms with van der Waals surface area (Å²) in [5.74, 6) is 1.27. The number of H-pyrrole nitrogens is 1. The van der Waals surface area contributed by atoms with Crippen molar-refractivity contribution in [1.29, 1.82) is 0 Å². The standard InChI is InChI=1S/C16H12N4O2S/c1-22-13-5-12-14(23-8-19-12)4-10(13)11-6-17-16-9(11)2-3-15(20-16)18-7-21/h2-8H,1H3,(H2,17,18,20,21). The van der Waals surface area contributed by atoms with E-state index in [0.29, 0.717) is 17.9 Å². The molecule has 4 aromatic rings. The molecule has 0 aliphatic rings. The molecule has 0 bridgehead atoms. The Labute approximate surface area is 135 Å². The zero-order valence-corrected chi connectivity index (χ0v) is 13.0. The van der Waals surface area contributed by atoms with E-state index in [-0.39, 0.29) is 0 Å². The Morgan fingerprint density at radius 2 is 2.22 bits per heavy atom. The van der Waals surface area contributed by atoms with Gasteiger partial charge in [0.05, 0.1) is 22.8 Å². The summed E-state index contributed by atoms with van der Waals surface area (Å²) in [5, 5.41) is 3.51. The molecule has 0 saturated heterocycles. The molecule has 6 nitrogen and oxygen atoms in total. The minimum absolute atomic E-state index is 0.505. The first-order valence-corrected chi connectivity index (χ1v) is 7.78. The van der Waals surface area contributed by atoms with Crippen LogP contribution in [0.2, 0.25) is 0 Å². The molecule has 0 atom stereocenters. The van der Waals surface area contributed by atoms with Gasteiger partial charge in [0.2, 0.25) is 6.41 Å². The van der Waals surface area contributed by atoms with Gasteiger partial charge in [-0.1, -0.05) is 0 Å². The van der Waals surface area contributed by atoms with Crippen LogP contribution >= 0.6 is 11.3 Å². The third-order valence-corrected chi connectivity index (χ3v) is 4.48. The van der Waals surface area contributed by atoms with Gasteiger partial charge in [0.15, 0.2) is 0 Å². The number of amides is 1. The number of ether oxygens (including phenoxy) is 1. The van der Waals surface area contributed by atoms with Gasteiger partial charge < -0.3 is 15.0 Å². The maximum atomic E-state index is 10.5. The zero-order valence-electron chi connectivity index (χ0n) is 12.2. The second-order valence-electron chi connectivity index (χ2n) is 4.93. The molecule has 3 heterocycles. The number of rotatable bonds is 4. The van der Waals surface area contributed by atoms with Crippen molar-refractivity contribution in [3.05, 3.63) is 36.0 Å². The molecule has 1 aromatic carbocycles. The Morgan fingerprint density at radius 3 is 3.04 bits per heavy atom. The highest BCUT2D eigenvalue weighted by Crippen LogP contribution is 2.38. The van der Waals surface area contributed by atoms with E-state index < -0.39 is 0 Å². The number of aromatic nitrogens is 3. The number of hydrogen-bond donors (Lipinski definition) is 2. The molecule has 2 N–H and O–H groups in total. The lowest BCUT2D eigenvalue weighted by Crippen LogP contribution is -1.96. The van der Waals surface area contributed by atoms with Gasteiger partial charge in [0, 0.05) is 28.8 Å². The SMILES string of the molecule is COc1cc2ncsc2cc1-c1c[nH]c2nc(NC=O)ccc12. The van der Waals surface area contributed by atoms with Crippen LogP contribution in [0.1, 0.15) is 0 Å². The van der Waals surface area contributed by atoms with E-state index in [1.54, 1.807) is 24.5 Å².